The first-order valence-electron chi connectivity index (χ1n) is 6.88. The van der Waals surface area contributed by atoms with Gasteiger partial charge in [0.05, 0.1) is 4.90 Å². The van der Waals surface area contributed by atoms with Crippen LogP contribution in [0.15, 0.2) is 29.2 Å². The lowest BCUT2D eigenvalue weighted by molar-refractivity contribution is 0.627. The molecule has 1 unspecified atom stereocenters. The first-order chi connectivity index (χ1) is 9.24. The van der Waals surface area contributed by atoms with Crippen molar-refractivity contribution in [1.29, 1.82) is 0 Å². The smallest absolute Gasteiger partial charge is 0.134 e. The lowest BCUT2D eigenvalue weighted by atomic mass is 10.1. The van der Waals surface area contributed by atoms with Crippen LogP contribution in [0.2, 0.25) is 0 Å². The summed E-state index contributed by atoms with van der Waals surface area (Å²) < 4.78 is 14.8. The van der Waals surface area contributed by atoms with Crippen molar-refractivity contribution in [2.24, 2.45) is 0 Å². The number of anilines is 1. The maximum atomic E-state index is 11.9. The summed E-state index contributed by atoms with van der Waals surface area (Å²) in [6, 6.07) is 7.13. The summed E-state index contributed by atoms with van der Waals surface area (Å²) in [5.41, 5.74) is 6.29. The van der Waals surface area contributed by atoms with Crippen LogP contribution in [0.1, 0.15) is 45.4 Å². The van der Waals surface area contributed by atoms with E-state index in [1.165, 1.54) is 38.5 Å². The minimum Gasteiger partial charge on any atom is -0.399 e. The fourth-order valence-corrected chi connectivity index (χ4v) is 3.57. The molecule has 0 saturated heterocycles. The standard InChI is InChI=1S/C14H24N2OS2/c1-2-3-4-5-6-7-12-18-16-19(17)14-10-8-13(15)9-11-14/h8-11,16H,2-7,12,15H2,1H3. The van der Waals surface area contributed by atoms with Crippen LogP contribution >= 0.6 is 11.9 Å². The Morgan fingerprint density at radius 2 is 1.74 bits per heavy atom. The molecule has 1 rings (SSSR count). The molecule has 108 valence electrons. The Hall–Kier alpha value is -0.520. The predicted molar refractivity (Wildman–Crippen MR) is 86.2 cm³/mol. The van der Waals surface area contributed by atoms with Gasteiger partial charge in [-0.15, -0.1) is 0 Å². The van der Waals surface area contributed by atoms with E-state index in [4.69, 9.17) is 5.73 Å². The van der Waals surface area contributed by atoms with Crippen molar-refractivity contribution in [3.8, 4) is 0 Å². The molecule has 3 N–H and O–H groups in total. The molecule has 0 aromatic heterocycles. The van der Waals surface area contributed by atoms with Crippen molar-refractivity contribution < 1.29 is 4.21 Å². The highest BCUT2D eigenvalue weighted by Crippen LogP contribution is 2.12. The summed E-state index contributed by atoms with van der Waals surface area (Å²) in [7, 11) is -1.14. The maximum Gasteiger partial charge on any atom is 0.134 e. The van der Waals surface area contributed by atoms with Crippen LogP contribution in [0, 0.1) is 0 Å². The first kappa shape index (κ1) is 16.5. The fourth-order valence-electron chi connectivity index (χ4n) is 1.69. The molecule has 0 spiro atoms. The molecule has 0 amide bonds. The summed E-state index contributed by atoms with van der Waals surface area (Å²) in [6.07, 6.45) is 7.73. The first-order valence-corrected chi connectivity index (χ1v) is 9.02. The summed E-state index contributed by atoms with van der Waals surface area (Å²) in [6.45, 7) is 2.23. The molecule has 0 fully saturated rings. The number of nitrogens with two attached hydrogens (primary N) is 1. The molecule has 0 bridgehead atoms. The summed E-state index contributed by atoms with van der Waals surface area (Å²) in [5, 5.41) is 0. The molecular weight excluding hydrogens is 276 g/mol. The van der Waals surface area contributed by atoms with Crippen LogP contribution in [-0.2, 0) is 11.0 Å². The zero-order chi connectivity index (χ0) is 13.9. The van der Waals surface area contributed by atoms with Gasteiger partial charge in [-0.05, 0) is 30.7 Å². The SMILES string of the molecule is CCCCCCCCSNS(=O)c1ccc(N)cc1. The van der Waals surface area contributed by atoms with Crippen LogP contribution in [0.5, 0.6) is 0 Å². The molecule has 19 heavy (non-hydrogen) atoms. The van der Waals surface area contributed by atoms with E-state index in [9.17, 15) is 4.21 Å². The second kappa shape index (κ2) is 10.3. The molecule has 0 saturated carbocycles. The van der Waals surface area contributed by atoms with Crippen molar-refractivity contribution in [2.75, 3.05) is 11.5 Å². The largest absolute Gasteiger partial charge is 0.399 e. The van der Waals surface area contributed by atoms with E-state index in [1.807, 2.05) is 0 Å². The lowest BCUT2D eigenvalue weighted by Crippen LogP contribution is -2.09. The minimum atomic E-state index is -1.14. The maximum absolute atomic E-state index is 11.9. The topological polar surface area (TPSA) is 55.1 Å². The van der Waals surface area contributed by atoms with Crippen molar-refractivity contribution >= 4 is 28.6 Å². The van der Waals surface area contributed by atoms with E-state index < -0.39 is 11.0 Å². The van der Waals surface area contributed by atoms with E-state index in [0.29, 0.717) is 5.69 Å². The lowest BCUT2D eigenvalue weighted by Gasteiger charge is -2.04. The molecular formula is C14H24N2OS2. The average Bonchev–Trinajstić information content (AvgIpc) is 2.42. The van der Waals surface area contributed by atoms with Crippen molar-refractivity contribution in [3.63, 3.8) is 0 Å². The number of benzene rings is 1. The third kappa shape index (κ3) is 7.60. The zero-order valence-electron chi connectivity index (χ0n) is 11.6. The van der Waals surface area contributed by atoms with Gasteiger partial charge in [0.15, 0.2) is 0 Å². The summed E-state index contributed by atoms with van der Waals surface area (Å²) in [5.74, 6) is 1.01. The molecule has 0 aliphatic carbocycles. The minimum absolute atomic E-state index is 0.695. The van der Waals surface area contributed by atoms with Crippen LogP contribution in [0.4, 0.5) is 5.69 Å². The Morgan fingerprint density at radius 3 is 2.42 bits per heavy atom. The Labute approximate surface area is 123 Å². The molecule has 1 aromatic rings. The summed E-state index contributed by atoms with van der Waals surface area (Å²) in [4.78, 5) is 0.768. The highest BCUT2D eigenvalue weighted by atomic mass is 32.2. The Morgan fingerprint density at radius 1 is 1.11 bits per heavy atom. The third-order valence-corrected chi connectivity index (χ3v) is 5.10. The molecule has 0 aliphatic rings. The summed E-state index contributed by atoms with van der Waals surface area (Å²) >= 11 is 1.54. The van der Waals surface area contributed by atoms with Gasteiger partial charge in [0.2, 0.25) is 0 Å². The Kier molecular flexibility index (Phi) is 8.95. The van der Waals surface area contributed by atoms with E-state index in [-0.39, 0.29) is 0 Å². The molecule has 0 heterocycles. The Bertz CT molecular complexity index is 368. The number of nitrogens with one attached hydrogen (secondary N) is 1. The van der Waals surface area contributed by atoms with Gasteiger partial charge >= 0.3 is 0 Å². The molecule has 0 aliphatic heterocycles. The van der Waals surface area contributed by atoms with Gasteiger partial charge in [-0.3, -0.25) is 0 Å². The highest BCUT2D eigenvalue weighted by Gasteiger charge is 2.02. The van der Waals surface area contributed by atoms with Gasteiger partial charge in [0.25, 0.3) is 0 Å². The highest BCUT2D eigenvalue weighted by molar-refractivity contribution is 8.07. The van der Waals surface area contributed by atoms with Gasteiger partial charge in [-0.1, -0.05) is 51.0 Å². The molecule has 3 nitrogen and oxygen atoms in total. The average molecular weight is 300 g/mol. The number of unbranched alkanes of at least 4 members (excludes halogenated alkanes) is 5. The second-order valence-corrected chi connectivity index (χ2v) is 6.91. The molecule has 1 aromatic carbocycles. The van der Waals surface area contributed by atoms with Crippen molar-refractivity contribution in [2.45, 2.75) is 50.3 Å². The van der Waals surface area contributed by atoms with Crippen LogP contribution in [-0.4, -0.2) is 9.96 Å². The quantitative estimate of drug-likeness (QED) is 0.391. The predicted octanol–water partition coefficient (Wildman–Crippen LogP) is 3.89. The van der Waals surface area contributed by atoms with E-state index >= 15 is 0 Å². The number of hydrogen-bond acceptors (Lipinski definition) is 3. The number of nitrogen functional groups attached to an aromatic ring is 1. The molecule has 1 atom stereocenters. The molecule has 5 heteroatoms. The van der Waals surface area contributed by atoms with Crippen molar-refractivity contribution in [1.82, 2.24) is 4.13 Å². The fraction of sp³-hybridized carbons (Fsp3) is 0.571. The van der Waals surface area contributed by atoms with E-state index in [2.05, 4.69) is 11.1 Å². The number of hydrogen-bond donors (Lipinski definition) is 2. The zero-order valence-corrected chi connectivity index (χ0v) is 13.2. The third-order valence-electron chi connectivity index (χ3n) is 2.83. The van der Waals surface area contributed by atoms with Gasteiger partial charge in [-0.25, -0.2) is 4.21 Å². The monoisotopic (exact) mass is 300 g/mol. The number of rotatable bonds is 10. The van der Waals surface area contributed by atoms with Crippen molar-refractivity contribution in [3.05, 3.63) is 24.3 Å². The van der Waals surface area contributed by atoms with Crippen LogP contribution in [0.25, 0.3) is 0 Å². The Balaban J connectivity index is 2.06. The van der Waals surface area contributed by atoms with E-state index in [0.717, 1.165) is 10.6 Å². The van der Waals surface area contributed by atoms with E-state index in [1.54, 1.807) is 36.2 Å². The molecule has 0 radical (unpaired) electrons. The van der Waals surface area contributed by atoms with Gasteiger partial charge in [0, 0.05) is 11.4 Å². The van der Waals surface area contributed by atoms with Crippen LogP contribution < -0.4 is 9.86 Å². The normalized spacial score (nSPS) is 12.5. The second-order valence-electron chi connectivity index (χ2n) is 4.54. The van der Waals surface area contributed by atoms with Gasteiger partial charge in [-0.2, -0.15) is 4.13 Å². The van der Waals surface area contributed by atoms with Gasteiger partial charge in [0.1, 0.15) is 11.0 Å². The van der Waals surface area contributed by atoms with Gasteiger partial charge < -0.3 is 5.73 Å². The van der Waals surface area contributed by atoms with Crippen LogP contribution in [0.3, 0.4) is 0 Å².